The van der Waals surface area contributed by atoms with Crippen molar-refractivity contribution >= 4 is 27.4 Å². The highest BCUT2D eigenvalue weighted by Crippen LogP contribution is 2.55. The SMILES string of the molecule is Cc1ccc(F)cc1S(=O)(=O)C1(c2cc(N)nc(-c3ccc(NC(N)=O)cc3)n2)CC1. The lowest BCUT2D eigenvalue weighted by molar-refractivity contribution is 0.259. The topological polar surface area (TPSA) is 141 Å². The third-order valence-corrected chi connectivity index (χ3v) is 7.95. The van der Waals surface area contributed by atoms with E-state index in [9.17, 15) is 17.6 Å². The van der Waals surface area contributed by atoms with Crippen LogP contribution in [0.15, 0.2) is 53.4 Å². The van der Waals surface area contributed by atoms with E-state index in [4.69, 9.17) is 11.5 Å². The van der Waals surface area contributed by atoms with Gasteiger partial charge in [-0.15, -0.1) is 0 Å². The quantitative estimate of drug-likeness (QED) is 0.555. The van der Waals surface area contributed by atoms with Gasteiger partial charge < -0.3 is 16.8 Å². The zero-order valence-electron chi connectivity index (χ0n) is 16.6. The van der Waals surface area contributed by atoms with Gasteiger partial charge in [0, 0.05) is 17.3 Å². The van der Waals surface area contributed by atoms with Gasteiger partial charge in [-0.05, 0) is 61.7 Å². The fourth-order valence-corrected chi connectivity index (χ4v) is 5.72. The lowest BCUT2D eigenvalue weighted by Gasteiger charge is -2.18. The maximum absolute atomic E-state index is 13.8. The lowest BCUT2D eigenvalue weighted by atomic mass is 10.1. The summed E-state index contributed by atoms with van der Waals surface area (Å²) >= 11 is 0. The number of aryl methyl sites for hydroxylation is 1. The van der Waals surface area contributed by atoms with Crippen molar-refractivity contribution in [3.63, 3.8) is 0 Å². The molecule has 2 amide bonds. The van der Waals surface area contributed by atoms with Crippen LogP contribution in [0.25, 0.3) is 11.4 Å². The summed E-state index contributed by atoms with van der Waals surface area (Å²) in [5, 5.41) is 2.45. The van der Waals surface area contributed by atoms with Gasteiger partial charge in [-0.2, -0.15) is 0 Å². The van der Waals surface area contributed by atoms with Crippen LogP contribution in [0.3, 0.4) is 0 Å². The summed E-state index contributed by atoms with van der Waals surface area (Å²) < 4.78 is 39.5. The number of hydrogen-bond acceptors (Lipinski definition) is 6. The zero-order chi connectivity index (χ0) is 22.4. The van der Waals surface area contributed by atoms with Gasteiger partial charge in [-0.3, -0.25) is 0 Å². The van der Waals surface area contributed by atoms with E-state index in [0.29, 0.717) is 29.7 Å². The van der Waals surface area contributed by atoms with Crippen molar-refractivity contribution in [2.24, 2.45) is 5.73 Å². The van der Waals surface area contributed by atoms with Crippen LogP contribution in [0.4, 0.5) is 20.7 Å². The summed E-state index contributed by atoms with van der Waals surface area (Å²) in [6, 6.07) is 11.0. The molecular formula is C21H20FN5O3S. The lowest BCUT2D eigenvalue weighted by Crippen LogP contribution is -2.24. The molecule has 2 aromatic carbocycles. The van der Waals surface area contributed by atoms with Gasteiger partial charge in [0.05, 0.1) is 10.6 Å². The Balaban J connectivity index is 1.76. The summed E-state index contributed by atoms with van der Waals surface area (Å²) in [6.45, 7) is 1.63. The molecule has 3 aromatic rings. The van der Waals surface area contributed by atoms with Gasteiger partial charge in [0.1, 0.15) is 16.4 Å². The molecule has 1 saturated carbocycles. The first-order valence-corrected chi connectivity index (χ1v) is 10.9. The molecule has 1 aromatic heterocycles. The van der Waals surface area contributed by atoms with Crippen LogP contribution in [0.2, 0.25) is 0 Å². The van der Waals surface area contributed by atoms with Gasteiger partial charge in [0.15, 0.2) is 15.7 Å². The fourth-order valence-electron chi connectivity index (χ4n) is 3.52. The van der Waals surface area contributed by atoms with Crippen LogP contribution in [0.5, 0.6) is 0 Å². The number of halogens is 1. The Morgan fingerprint density at radius 2 is 1.77 bits per heavy atom. The number of amides is 2. The molecule has 1 aliphatic rings. The molecule has 1 aliphatic carbocycles. The number of rotatable bonds is 5. The first kappa shape index (κ1) is 20.7. The number of carbonyl (C=O) groups excluding carboxylic acids is 1. The third-order valence-electron chi connectivity index (χ3n) is 5.28. The molecule has 0 spiro atoms. The molecule has 160 valence electrons. The highest BCUT2D eigenvalue weighted by atomic mass is 32.2. The number of primary amides is 1. The second-order valence-electron chi connectivity index (χ2n) is 7.48. The maximum atomic E-state index is 13.8. The molecule has 0 atom stereocenters. The zero-order valence-corrected chi connectivity index (χ0v) is 17.4. The Morgan fingerprint density at radius 3 is 2.39 bits per heavy atom. The number of aromatic nitrogens is 2. The second-order valence-corrected chi connectivity index (χ2v) is 9.70. The van der Waals surface area contributed by atoms with Crippen molar-refractivity contribution in [2.75, 3.05) is 11.1 Å². The van der Waals surface area contributed by atoms with E-state index >= 15 is 0 Å². The molecule has 31 heavy (non-hydrogen) atoms. The largest absolute Gasteiger partial charge is 0.384 e. The Kier molecular flexibility index (Phi) is 4.89. The van der Waals surface area contributed by atoms with Gasteiger partial charge in [0.25, 0.3) is 0 Å². The summed E-state index contributed by atoms with van der Waals surface area (Å²) in [5.41, 5.74) is 12.9. The molecule has 4 rings (SSSR count). The summed E-state index contributed by atoms with van der Waals surface area (Å²) in [5.74, 6) is -0.248. The average Bonchev–Trinajstić information content (AvgIpc) is 3.52. The number of nitrogen functional groups attached to an aromatic ring is 1. The van der Waals surface area contributed by atoms with Gasteiger partial charge in [-0.25, -0.2) is 27.6 Å². The van der Waals surface area contributed by atoms with Crippen molar-refractivity contribution in [3.8, 4) is 11.4 Å². The summed E-state index contributed by atoms with van der Waals surface area (Å²) in [6.07, 6.45) is 0.700. The van der Waals surface area contributed by atoms with Gasteiger partial charge in [0.2, 0.25) is 0 Å². The van der Waals surface area contributed by atoms with Crippen molar-refractivity contribution < 1.29 is 17.6 Å². The van der Waals surface area contributed by atoms with Crippen molar-refractivity contribution in [2.45, 2.75) is 29.4 Å². The molecule has 1 fully saturated rings. The minimum Gasteiger partial charge on any atom is -0.384 e. The van der Waals surface area contributed by atoms with Crippen LogP contribution in [0, 0.1) is 12.7 Å². The average molecular weight is 441 g/mol. The predicted octanol–water partition coefficient (Wildman–Crippen LogP) is 3.13. The normalized spacial score (nSPS) is 14.8. The first-order chi connectivity index (χ1) is 14.6. The molecule has 0 radical (unpaired) electrons. The second kappa shape index (κ2) is 7.31. The van der Waals surface area contributed by atoms with E-state index in [1.54, 1.807) is 31.2 Å². The Labute approximate surface area is 178 Å². The van der Waals surface area contributed by atoms with Crippen LogP contribution in [-0.4, -0.2) is 24.4 Å². The molecule has 0 unspecified atom stereocenters. The van der Waals surface area contributed by atoms with E-state index in [0.717, 1.165) is 6.07 Å². The van der Waals surface area contributed by atoms with E-state index in [-0.39, 0.29) is 22.2 Å². The Bertz CT molecular complexity index is 1290. The molecule has 8 nitrogen and oxygen atoms in total. The predicted molar refractivity (Wildman–Crippen MR) is 114 cm³/mol. The van der Waals surface area contributed by atoms with Crippen molar-refractivity contribution in [1.29, 1.82) is 0 Å². The number of hydrogen-bond donors (Lipinski definition) is 3. The van der Waals surface area contributed by atoms with Crippen molar-refractivity contribution in [1.82, 2.24) is 9.97 Å². The minimum atomic E-state index is -3.92. The molecule has 10 heteroatoms. The van der Waals surface area contributed by atoms with Crippen LogP contribution in [-0.2, 0) is 14.6 Å². The fraction of sp³-hybridized carbons (Fsp3) is 0.190. The first-order valence-electron chi connectivity index (χ1n) is 9.45. The van der Waals surface area contributed by atoms with E-state index in [1.807, 2.05) is 0 Å². The van der Waals surface area contributed by atoms with Gasteiger partial charge >= 0.3 is 6.03 Å². The number of benzene rings is 2. The van der Waals surface area contributed by atoms with Crippen LogP contribution >= 0.6 is 0 Å². The molecule has 1 heterocycles. The minimum absolute atomic E-state index is 0.0504. The maximum Gasteiger partial charge on any atom is 0.316 e. The molecule has 5 N–H and O–H groups in total. The Hall–Kier alpha value is -3.53. The number of nitrogens with one attached hydrogen (secondary N) is 1. The van der Waals surface area contributed by atoms with E-state index < -0.39 is 26.4 Å². The molecule has 0 saturated heterocycles. The number of carbonyl (C=O) groups is 1. The third kappa shape index (κ3) is 3.70. The van der Waals surface area contributed by atoms with Crippen LogP contribution in [0.1, 0.15) is 24.1 Å². The smallest absolute Gasteiger partial charge is 0.316 e. The standard InChI is InChI=1S/C21H20FN5O3S/c1-12-2-5-14(22)10-16(12)31(29,30)21(8-9-21)17-11-18(23)27-19(26-17)13-3-6-15(7-4-13)25-20(24)28/h2-7,10-11H,8-9H2,1H3,(H2,23,26,27)(H3,24,25,28). The molecule has 0 aliphatic heterocycles. The summed E-state index contributed by atoms with van der Waals surface area (Å²) in [7, 11) is -3.92. The van der Waals surface area contributed by atoms with E-state index in [1.165, 1.54) is 18.2 Å². The Morgan fingerprint density at radius 1 is 1.10 bits per heavy atom. The highest BCUT2D eigenvalue weighted by molar-refractivity contribution is 7.92. The number of nitrogens with zero attached hydrogens (tertiary/aromatic N) is 2. The van der Waals surface area contributed by atoms with Gasteiger partial charge in [-0.1, -0.05) is 6.07 Å². The van der Waals surface area contributed by atoms with Crippen LogP contribution < -0.4 is 16.8 Å². The van der Waals surface area contributed by atoms with Crippen molar-refractivity contribution in [3.05, 3.63) is 65.6 Å². The number of anilines is 2. The number of nitrogens with two attached hydrogens (primary N) is 2. The monoisotopic (exact) mass is 441 g/mol. The number of sulfone groups is 1. The number of urea groups is 1. The molecular weight excluding hydrogens is 421 g/mol. The van der Waals surface area contributed by atoms with E-state index in [2.05, 4.69) is 15.3 Å². The highest BCUT2D eigenvalue weighted by Gasteiger charge is 2.58. The summed E-state index contributed by atoms with van der Waals surface area (Å²) in [4.78, 5) is 19.6. The molecule has 0 bridgehead atoms.